The van der Waals surface area contributed by atoms with Crippen LogP contribution in [0.15, 0.2) is 40.9 Å². The number of halogens is 1. The second-order valence-electron chi connectivity index (χ2n) is 7.88. The van der Waals surface area contributed by atoms with E-state index in [1.54, 1.807) is 10.9 Å². The molecule has 158 valence electrons. The van der Waals surface area contributed by atoms with E-state index < -0.39 is 0 Å². The molecule has 0 unspecified atom stereocenters. The van der Waals surface area contributed by atoms with Crippen LogP contribution in [-0.4, -0.2) is 32.1 Å². The number of amides is 1. The highest BCUT2D eigenvalue weighted by Gasteiger charge is 2.33. The lowest BCUT2D eigenvalue weighted by molar-refractivity contribution is 0.0558. The molecule has 3 aromatic rings. The van der Waals surface area contributed by atoms with Crippen LogP contribution in [0.1, 0.15) is 72.0 Å². The minimum absolute atomic E-state index is 0.00774. The smallest absolute Gasteiger partial charge is 0.272 e. The van der Waals surface area contributed by atoms with E-state index in [0.717, 1.165) is 49.1 Å². The van der Waals surface area contributed by atoms with Crippen molar-refractivity contribution in [1.29, 1.82) is 0 Å². The lowest BCUT2D eigenvalue weighted by Gasteiger charge is -2.33. The highest BCUT2D eigenvalue weighted by atomic mass is 35.5. The maximum absolute atomic E-state index is 13.3. The average Bonchev–Trinajstić information content (AvgIpc) is 3.34. The fourth-order valence-electron chi connectivity index (χ4n) is 4.09. The Morgan fingerprint density at radius 3 is 2.97 bits per heavy atom. The van der Waals surface area contributed by atoms with Gasteiger partial charge in [0.05, 0.1) is 11.9 Å². The van der Waals surface area contributed by atoms with Gasteiger partial charge in [0.25, 0.3) is 5.91 Å². The van der Waals surface area contributed by atoms with Crippen LogP contribution < -0.4 is 0 Å². The molecule has 0 spiro atoms. The van der Waals surface area contributed by atoms with E-state index in [1.807, 2.05) is 42.3 Å². The Morgan fingerprint density at radius 1 is 1.30 bits per heavy atom. The van der Waals surface area contributed by atoms with Crippen molar-refractivity contribution in [3.63, 3.8) is 0 Å². The van der Waals surface area contributed by atoms with Crippen LogP contribution in [0.3, 0.4) is 0 Å². The molecule has 1 aromatic carbocycles. The third-order valence-corrected chi connectivity index (χ3v) is 5.78. The van der Waals surface area contributed by atoms with Gasteiger partial charge in [-0.3, -0.25) is 9.48 Å². The summed E-state index contributed by atoms with van der Waals surface area (Å²) in [5, 5.41) is 5.20. The van der Waals surface area contributed by atoms with Crippen molar-refractivity contribution in [2.24, 2.45) is 7.05 Å². The third-order valence-electron chi connectivity index (χ3n) is 5.54. The van der Waals surface area contributed by atoms with Gasteiger partial charge in [-0.2, -0.15) is 5.10 Å². The van der Waals surface area contributed by atoms with Crippen molar-refractivity contribution in [3.05, 3.63) is 70.2 Å². The van der Waals surface area contributed by atoms with Crippen molar-refractivity contribution in [1.82, 2.24) is 19.7 Å². The third kappa shape index (κ3) is 4.43. The van der Waals surface area contributed by atoms with Crippen LogP contribution in [0.4, 0.5) is 0 Å². The molecule has 0 radical (unpaired) electrons. The molecule has 0 bridgehead atoms. The Labute approximate surface area is 181 Å². The molecule has 0 saturated carbocycles. The summed E-state index contributed by atoms with van der Waals surface area (Å²) >= 11 is 6.09. The second kappa shape index (κ2) is 9.04. The first kappa shape index (κ1) is 20.7. The predicted molar refractivity (Wildman–Crippen MR) is 116 cm³/mol. The van der Waals surface area contributed by atoms with Gasteiger partial charge in [-0.05, 0) is 49.4 Å². The number of oxazole rings is 1. The SMILES string of the molecule is CCCc1cc(C(=O)N2CCCC[C@@H]2c2ncc(Cc3cccc(Cl)c3)o2)n(C)n1. The molecule has 1 fully saturated rings. The minimum Gasteiger partial charge on any atom is -0.443 e. The van der Waals surface area contributed by atoms with E-state index >= 15 is 0 Å². The van der Waals surface area contributed by atoms with Gasteiger partial charge in [0.2, 0.25) is 5.89 Å². The number of likely N-dealkylation sites (tertiary alicyclic amines) is 1. The fourth-order valence-corrected chi connectivity index (χ4v) is 4.30. The number of aryl methyl sites for hydroxylation is 2. The summed E-state index contributed by atoms with van der Waals surface area (Å²) in [6.45, 7) is 2.81. The number of nitrogens with zero attached hydrogens (tertiary/aromatic N) is 4. The lowest BCUT2D eigenvalue weighted by atomic mass is 10.0. The summed E-state index contributed by atoms with van der Waals surface area (Å²) in [5.41, 5.74) is 2.65. The Morgan fingerprint density at radius 2 is 2.17 bits per heavy atom. The van der Waals surface area contributed by atoms with Crippen molar-refractivity contribution in [2.45, 2.75) is 51.5 Å². The first-order valence-electron chi connectivity index (χ1n) is 10.6. The monoisotopic (exact) mass is 426 g/mol. The van der Waals surface area contributed by atoms with Crippen LogP contribution in [0.25, 0.3) is 0 Å². The van der Waals surface area contributed by atoms with Gasteiger partial charge >= 0.3 is 0 Å². The number of carbonyl (C=O) groups excluding carboxylic acids is 1. The Balaban J connectivity index is 1.54. The molecule has 0 aliphatic carbocycles. The van der Waals surface area contributed by atoms with Gasteiger partial charge in [0.1, 0.15) is 17.5 Å². The van der Waals surface area contributed by atoms with Crippen LogP contribution >= 0.6 is 11.6 Å². The van der Waals surface area contributed by atoms with E-state index in [1.165, 1.54) is 0 Å². The zero-order valence-corrected chi connectivity index (χ0v) is 18.2. The minimum atomic E-state index is -0.149. The quantitative estimate of drug-likeness (QED) is 0.558. The Bertz CT molecular complexity index is 1030. The molecule has 1 amide bonds. The molecule has 4 rings (SSSR count). The number of carbonyl (C=O) groups is 1. The molecule has 1 saturated heterocycles. The number of piperidine rings is 1. The molecular formula is C23H27ClN4O2. The van der Waals surface area contributed by atoms with Gasteiger partial charge in [-0.25, -0.2) is 4.98 Å². The average molecular weight is 427 g/mol. The molecule has 1 aliphatic rings. The summed E-state index contributed by atoms with van der Waals surface area (Å²) in [4.78, 5) is 19.8. The molecule has 30 heavy (non-hydrogen) atoms. The van der Waals surface area contributed by atoms with Crippen molar-refractivity contribution < 1.29 is 9.21 Å². The molecule has 0 N–H and O–H groups in total. The number of hydrogen-bond donors (Lipinski definition) is 0. The van der Waals surface area contributed by atoms with Gasteiger partial charge in [-0.15, -0.1) is 0 Å². The molecule has 6 nitrogen and oxygen atoms in total. The number of benzene rings is 1. The Kier molecular flexibility index (Phi) is 6.23. The van der Waals surface area contributed by atoms with E-state index in [-0.39, 0.29) is 11.9 Å². The lowest BCUT2D eigenvalue weighted by Crippen LogP contribution is -2.39. The Hall–Kier alpha value is -2.60. The highest BCUT2D eigenvalue weighted by Crippen LogP contribution is 2.32. The molecule has 1 aliphatic heterocycles. The van der Waals surface area contributed by atoms with Gasteiger partial charge < -0.3 is 9.32 Å². The highest BCUT2D eigenvalue weighted by molar-refractivity contribution is 6.30. The standard InChI is InChI=1S/C23H27ClN4O2/c1-3-7-18-14-21(27(2)26-18)23(29)28-11-5-4-10-20(28)22-25-15-19(30-22)13-16-8-6-9-17(24)12-16/h6,8-9,12,14-15,20H,3-5,7,10-11,13H2,1-2H3/t20-/m1/s1. The zero-order chi connectivity index (χ0) is 21.1. The number of aromatic nitrogens is 3. The number of hydrogen-bond acceptors (Lipinski definition) is 4. The van der Waals surface area contributed by atoms with Crippen molar-refractivity contribution >= 4 is 17.5 Å². The van der Waals surface area contributed by atoms with Gasteiger partial charge in [0.15, 0.2) is 0 Å². The van der Waals surface area contributed by atoms with Crippen LogP contribution in [0, 0.1) is 0 Å². The summed E-state index contributed by atoms with van der Waals surface area (Å²) in [7, 11) is 1.83. The fraction of sp³-hybridized carbons (Fsp3) is 0.435. The first-order valence-corrected chi connectivity index (χ1v) is 11.0. The summed E-state index contributed by atoms with van der Waals surface area (Å²) < 4.78 is 7.78. The maximum atomic E-state index is 13.3. The van der Waals surface area contributed by atoms with E-state index in [4.69, 9.17) is 16.0 Å². The second-order valence-corrected chi connectivity index (χ2v) is 8.31. The largest absolute Gasteiger partial charge is 0.443 e. The molecule has 2 aromatic heterocycles. The molecule has 1 atom stereocenters. The van der Waals surface area contributed by atoms with Gasteiger partial charge in [-0.1, -0.05) is 37.1 Å². The predicted octanol–water partition coefficient (Wildman–Crippen LogP) is 4.97. The van der Waals surface area contributed by atoms with Gasteiger partial charge in [0, 0.05) is 25.0 Å². The normalized spacial score (nSPS) is 16.8. The summed E-state index contributed by atoms with van der Waals surface area (Å²) in [5.74, 6) is 1.37. The summed E-state index contributed by atoms with van der Waals surface area (Å²) in [6, 6.07) is 9.49. The van der Waals surface area contributed by atoms with Crippen LogP contribution in [-0.2, 0) is 19.9 Å². The number of rotatable bonds is 6. The van der Waals surface area contributed by atoms with E-state index in [0.29, 0.717) is 29.6 Å². The summed E-state index contributed by atoms with van der Waals surface area (Å²) in [6.07, 6.45) is 7.14. The van der Waals surface area contributed by atoms with E-state index in [9.17, 15) is 4.79 Å². The zero-order valence-electron chi connectivity index (χ0n) is 17.5. The van der Waals surface area contributed by atoms with E-state index in [2.05, 4.69) is 17.0 Å². The van der Waals surface area contributed by atoms with Crippen molar-refractivity contribution in [2.75, 3.05) is 6.54 Å². The van der Waals surface area contributed by atoms with Crippen LogP contribution in [0.5, 0.6) is 0 Å². The molecular weight excluding hydrogens is 400 g/mol. The molecule has 3 heterocycles. The molecule has 7 heteroatoms. The first-order chi connectivity index (χ1) is 14.5. The topological polar surface area (TPSA) is 64.2 Å². The van der Waals surface area contributed by atoms with Crippen molar-refractivity contribution in [3.8, 4) is 0 Å². The van der Waals surface area contributed by atoms with Crippen LogP contribution in [0.2, 0.25) is 5.02 Å². The maximum Gasteiger partial charge on any atom is 0.272 e.